The van der Waals surface area contributed by atoms with E-state index in [1.165, 1.54) is 18.2 Å². The average Bonchev–Trinajstić information content (AvgIpc) is 2.46. The Morgan fingerprint density at radius 1 is 1.14 bits per heavy atom. The maximum atomic E-state index is 13.4. The van der Waals surface area contributed by atoms with Crippen LogP contribution in [0.4, 0.5) is 14.5 Å². The van der Waals surface area contributed by atoms with Crippen LogP contribution in [0.25, 0.3) is 0 Å². The number of benzene rings is 2. The quantitative estimate of drug-likeness (QED) is 0.881. The van der Waals surface area contributed by atoms with E-state index in [0.29, 0.717) is 5.56 Å². The second-order valence-electron chi connectivity index (χ2n) is 4.75. The summed E-state index contributed by atoms with van der Waals surface area (Å²) in [6.45, 7) is 1.85. The molecule has 0 aliphatic heterocycles. The highest BCUT2D eigenvalue weighted by atomic mass is 19.1. The van der Waals surface area contributed by atoms with Crippen LogP contribution in [-0.2, 0) is 11.3 Å². The Morgan fingerprint density at radius 2 is 1.71 bits per heavy atom. The van der Waals surface area contributed by atoms with Gasteiger partial charge in [0.1, 0.15) is 17.3 Å². The van der Waals surface area contributed by atoms with E-state index in [4.69, 9.17) is 5.11 Å². The molecule has 0 radical (unpaired) electrons. The number of carboxylic acid groups (broad SMARTS) is 1. The molecular weight excluding hydrogens is 276 g/mol. The minimum absolute atomic E-state index is 0.166. The lowest BCUT2D eigenvalue weighted by atomic mass is 10.00. The van der Waals surface area contributed by atoms with Gasteiger partial charge in [0, 0.05) is 6.54 Å². The molecule has 0 amide bonds. The number of para-hydroxylation sites is 1. The molecule has 2 rings (SSSR count). The molecule has 0 saturated carbocycles. The fourth-order valence-corrected chi connectivity index (χ4v) is 1.92. The smallest absolute Gasteiger partial charge is 0.310 e. The third kappa shape index (κ3) is 3.56. The number of aliphatic carboxylic acids is 1. The molecule has 2 aromatic rings. The molecule has 1 unspecified atom stereocenters. The second-order valence-corrected chi connectivity index (χ2v) is 4.75. The first-order valence-corrected chi connectivity index (χ1v) is 6.48. The van der Waals surface area contributed by atoms with Crippen molar-refractivity contribution in [1.29, 1.82) is 0 Å². The first-order valence-electron chi connectivity index (χ1n) is 6.48. The van der Waals surface area contributed by atoms with E-state index < -0.39 is 23.5 Å². The van der Waals surface area contributed by atoms with E-state index in [-0.39, 0.29) is 12.2 Å². The molecule has 0 spiro atoms. The summed E-state index contributed by atoms with van der Waals surface area (Å²) in [6, 6.07) is 10.5. The highest BCUT2D eigenvalue weighted by Gasteiger charge is 2.13. The standard InChI is InChI=1S/C16H15F2NO2/c1-10(16(20)21)12-7-5-11(6-8-12)9-19-15-13(17)3-2-4-14(15)18/h2-8,10,19H,9H2,1H3,(H,20,21). The number of halogens is 2. The van der Waals surface area contributed by atoms with Crippen molar-refractivity contribution >= 4 is 11.7 Å². The van der Waals surface area contributed by atoms with Crippen LogP contribution in [0.15, 0.2) is 42.5 Å². The van der Waals surface area contributed by atoms with Gasteiger partial charge in [-0.05, 0) is 30.2 Å². The monoisotopic (exact) mass is 291 g/mol. The van der Waals surface area contributed by atoms with Gasteiger partial charge in [-0.2, -0.15) is 0 Å². The summed E-state index contributed by atoms with van der Waals surface area (Å²) in [6.07, 6.45) is 0. The minimum Gasteiger partial charge on any atom is -0.481 e. The zero-order chi connectivity index (χ0) is 15.4. The second kappa shape index (κ2) is 6.35. The van der Waals surface area contributed by atoms with Gasteiger partial charge in [-0.3, -0.25) is 4.79 Å². The molecule has 3 nitrogen and oxygen atoms in total. The van der Waals surface area contributed by atoms with Crippen molar-refractivity contribution in [2.45, 2.75) is 19.4 Å². The van der Waals surface area contributed by atoms with Gasteiger partial charge in [-0.1, -0.05) is 30.3 Å². The largest absolute Gasteiger partial charge is 0.481 e. The number of carboxylic acids is 1. The Balaban J connectivity index is 2.06. The number of hydrogen-bond donors (Lipinski definition) is 2. The van der Waals surface area contributed by atoms with E-state index in [1.54, 1.807) is 31.2 Å². The maximum absolute atomic E-state index is 13.4. The van der Waals surface area contributed by atoms with Gasteiger partial charge in [0.05, 0.1) is 5.92 Å². The van der Waals surface area contributed by atoms with Crippen LogP contribution < -0.4 is 5.32 Å². The molecule has 0 aliphatic carbocycles. The van der Waals surface area contributed by atoms with Crippen LogP contribution in [0.3, 0.4) is 0 Å². The SMILES string of the molecule is CC(C(=O)O)c1ccc(CNc2c(F)cccc2F)cc1. The van der Waals surface area contributed by atoms with Crippen molar-refractivity contribution in [3.63, 3.8) is 0 Å². The Hall–Kier alpha value is -2.43. The lowest BCUT2D eigenvalue weighted by Gasteiger charge is -2.10. The Morgan fingerprint density at radius 3 is 2.24 bits per heavy atom. The molecule has 0 fully saturated rings. The molecule has 110 valence electrons. The summed E-state index contributed by atoms with van der Waals surface area (Å²) in [5.41, 5.74) is 1.32. The molecule has 2 aromatic carbocycles. The third-order valence-electron chi connectivity index (χ3n) is 3.28. The molecule has 0 bridgehead atoms. The molecule has 0 heterocycles. The normalized spacial score (nSPS) is 12.0. The van der Waals surface area contributed by atoms with Gasteiger partial charge < -0.3 is 10.4 Å². The number of carbonyl (C=O) groups is 1. The van der Waals surface area contributed by atoms with E-state index in [2.05, 4.69) is 5.32 Å². The van der Waals surface area contributed by atoms with Gasteiger partial charge >= 0.3 is 5.97 Å². The Labute approximate surface area is 121 Å². The van der Waals surface area contributed by atoms with Crippen molar-refractivity contribution in [1.82, 2.24) is 0 Å². The maximum Gasteiger partial charge on any atom is 0.310 e. The predicted octanol–water partition coefficient (Wildman–Crippen LogP) is 3.77. The van der Waals surface area contributed by atoms with Gasteiger partial charge in [0.25, 0.3) is 0 Å². The molecule has 1 atom stereocenters. The van der Waals surface area contributed by atoms with Crippen molar-refractivity contribution in [2.75, 3.05) is 5.32 Å². The fraction of sp³-hybridized carbons (Fsp3) is 0.188. The third-order valence-corrected chi connectivity index (χ3v) is 3.28. The fourth-order valence-electron chi connectivity index (χ4n) is 1.92. The van der Waals surface area contributed by atoms with Crippen LogP contribution in [0.5, 0.6) is 0 Å². The van der Waals surface area contributed by atoms with Crippen LogP contribution >= 0.6 is 0 Å². The number of rotatable bonds is 5. The average molecular weight is 291 g/mol. The highest BCUT2D eigenvalue weighted by molar-refractivity contribution is 5.75. The molecule has 0 aromatic heterocycles. The van der Waals surface area contributed by atoms with Crippen LogP contribution in [-0.4, -0.2) is 11.1 Å². The summed E-state index contributed by atoms with van der Waals surface area (Å²) < 4.78 is 26.9. The summed E-state index contributed by atoms with van der Waals surface area (Å²) >= 11 is 0. The zero-order valence-corrected chi connectivity index (χ0v) is 11.4. The van der Waals surface area contributed by atoms with E-state index >= 15 is 0 Å². The van der Waals surface area contributed by atoms with Crippen molar-refractivity contribution in [3.8, 4) is 0 Å². The highest BCUT2D eigenvalue weighted by Crippen LogP contribution is 2.20. The van der Waals surface area contributed by atoms with E-state index in [0.717, 1.165) is 5.56 Å². The van der Waals surface area contributed by atoms with Crippen LogP contribution in [0.2, 0.25) is 0 Å². The molecule has 21 heavy (non-hydrogen) atoms. The van der Waals surface area contributed by atoms with Crippen LogP contribution in [0, 0.1) is 11.6 Å². The van der Waals surface area contributed by atoms with Crippen molar-refractivity contribution < 1.29 is 18.7 Å². The zero-order valence-electron chi connectivity index (χ0n) is 11.4. The summed E-state index contributed by atoms with van der Waals surface area (Å²) in [5.74, 6) is -2.78. The summed E-state index contributed by atoms with van der Waals surface area (Å²) in [4.78, 5) is 10.9. The first kappa shape index (κ1) is 15.0. The van der Waals surface area contributed by atoms with Gasteiger partial charge in [-0.25, -0.2) is 8.78 Å². The summed E-state index contributed by atoms with van der Waals surface area (Å²) in [7, 11) is 0. The van der Waals surface area contributed by atoms with E-state index in [1.807, 2.05) is 0 Å². The first-order chi connectivity index (χ1) is 9.99. The van der Waals surface area contributed by atoms with Gasteiger partial charge in [0.2, 0.25) is 0 Å². The lowest BCUT2D eigenvalue weighted by molar-refractivity contribution is -0.138. The van der Waals surface area contributed by atoms with Gasteiger partial charge in [-0.15, -0.1) is 0 Å². The lowest BCUT2D eigenvalue weighted by Crippen LogP contribution is -2.08. The molecular formula is C16H15F2NO2. The van der Waals surface area contributed by atoms with Crippen LogP contribution in [0.1, 0.15) is 24.0 Å². The Bertz CT molecular complexity index is 621. The molecule has 2 N–H and O–H groups in total. The van der Waals surface area contributed by atoms with Crippen molar-refractivity contribution in [3.05, 3.63) is 65.2 Å². The van der Waals surface area contributed by atoms with Gasteiger partial charge in [0.15, 0.2) is 0 Å². The molecule has 0 saturated heterocycles. The predicted molar refractivity (Wildman–Crippen MR) is 76.2 cm³/mol. The topological polar surface area (TPSA) is 49.3 Å². The molecule has 0 aliphatic rings. The van der Waals surface area contributed by atoms with Crippen molar-refractivity contribution in [2.24, 2.45) is 0 Å². The number of hydrogen-bond acceptors (Lipinski definition) is 2. The van der Waals surface area contributed by atoms with E-state index in [9.17, 15) is 13.6 Å². The Kier molecular flexibility index (Phi) is 4.52. The minimum atomic E-state index is -0.894. The molecule has 5 heteroatoms. The number of nitrogens with one attached hydrogen (secondary N) is 1. The summed E-state index contributed by atoms with van der Waals surface area (Å²) in [5, 5.41) is 11.6. The number of anilines is 1.